The van der Waals surface area contributed by atoms with Crippen LogP contribution in [0, 0.1) is 5.92 Å². The van der Waals surface area contributed by atoms with Crippen molar-refractivity contribution in [3.63, 3.8) is 0 Å². The predicted molar refractivity (Wildman–Crippen MR) is 247 cm³/mol. The highest BCUT2D eigenvalue weighted by molar-refractivity contribution is 8.08. The van der Waals surface area contributed by atoms with Crippen LogP contribution in [0.5, 0.6) is 0 Å². The molecule has 0 aliphatic carbocycles. The molecule has 16 atom stereocenters. The summed E-state index contributed by atoms with van der Waals surface area (Å²) in [5.41, 5.74) is 7.63. The highest BCUT2D eigenvalue weighted by Crippen LogP contribution is 2.68. The fraction of sp³-hybridized carbons (Fsp3) is 0.588. The van der Waals surface area contributed by atoms with Crippen molar-refractivity contribution in [1.29, 1.82) is 0 Å². The molecule has 0 bridgehead atoms. The summed E-state index contributed by atoms with van der Waals surface area (Å²) in [6.07, 6.45) is -10.8. The number of H-pyrrole nitrogens is 2. The minimum atomic E-state index is -5.98. The Bertz CT molecular complexity index is 3270. The molecule has 0 saturated carbocycles. The number of nitrogen functional groups attached to an aromatic ring is 2. The third-order valence-electron chi connectivity index (χ3n) is 12.0. The number of aliphatic hydroxyl groups is 3. The molecule has 35 nitrogen and oxygen atoms in total. The first-order valence-electron chi connectivity index (χ1n) is 21.4. The molecule has 40 heteroatoms. The zero-order chi connectivity index (χ0) is 53.8. The summed E-state index contributed by atoms with van der Waals surface area (Å²) in [5.74, 6) is -1.22. The number of nitrogens with one attached hydrogen (secondary N) is 2. The Hall–Kier alpha value is -4.16. The van der Waals surface area contributed by atoms with Crippen molar-refractivity contribution in [2.45, 2.75) is 73.5 Å². The van der Waals surface area contributed by atoms with Crippen LogP contribution in [0.3, 0.4) is 0 Å². The first-order valence-corrected chi connectivity index (χ1v) is 28.7. The number of aliphatic hydroxyl groups excluding tert-OH is 3. The van der Waals surface area contributed by atoms with E-state index in [1.807, 2.05) is 4.98 Å². The first kappa shape index (κ1) is 56.1. The molecule has 3 aliphatic heterocycles. The zero-order valence-corrected chi connectivity index (χ0v) is 42.8. The summed E-state index contributed by atoms with van der Waals surface area (Å²) >= 11 is 4.93. The van der Waals surface area contributed by atoms with E-state index in [1.165, 1.54) is 40.5 Å². The highest BCUT2D eigenvalue weighted by Gasteiger charge is 2.57. The van der Waals surface area contributed by atoms with Gasteiger partial charge in [-0.25, -0.2) is 37.8 Å². The first-order chi connectivity index (χ1) is 34.7. The van der Waals surface area contributed by atoms with E-state index in [4.69, 9.17) is 60.5 Å². The Labute approximate surface area is 418 Å². The number of methoxy groups -OCH3 is 2. The van der Waals surface area contributed by atoms with Gasteiger partial charge in [0, 0.05) is 39.0 Å². The van der Waals surface area contributed by atoms with Crippen LogP contribution in [-0.2, 0) is 78.4 Å². The van der Waals surface area contributed by atoms with Crippen LogP contribution < -0.4 is 32.8 Å². The Morgan fingerprint density at radius 2 is 1.54 bits per heavy atom. The molecule has 0 spiro atoms. The number of aromatic nitrogens is 10. The van der Waals surface area contributed by atoms with Crippen LogP contribution in [0.1, 0.15) is 25.1 Å². The summed E-state index contributed by atoms with van der Waals surface area (Å²) in [6.45, 7) is -8.01. The van der Waals surface area contributed by atoms with E-state index in [1.54, 1.807) is 0 Å². The van der Waals surface area contributed by atoms with Gasteiger partial charge < -0.3 is 79.1 Å². The molecule has 3 aliphatic rings. The smallest absolute Gasteiger partial charge is 0.387 e. The molecule has 5 aromatic rings. The minimum Gasteiger partial charge on any atom is -0.387 e. The number of phosphoric acid groups is 2. The molecular weight excluding hydrogens is 1100 g/mol. The number of phosphoric ester groups is 1. The molecule has 0 radical (unpaired) electrons. The van der Waals surface area contributed by atoms with Gasteiger partial charge in [0.1, 0.15) is 54.1 Å². The van der Waals surface area contributed by atoms with E-state index in [0.29, 0.717) is 0 Å². The fourth-order valence-electron chi connectivity index (χ4n) is 8.69. The number of fused-ring (bicyclic) bond motifs is 2. The number of hydrogen-bond donors (Lipinski definition) is 11. The Morgan fingerprint density at radius 1 is 0.838 bits per heavy atom. The maximum absolute atomic E-state index is 14.4. The molecule has 3 fully saturated rings. The number of rotatable bonds is 21. The molecule has 13 N–H and O–H groups in total. The topological polar surface area (TPSA) is 490 Å². The molecule has 4 unspecified atom stereocenters. The van der Waals surface area contributed by atoms with Gasteiger partial charge in [-0.2, -0.15) is 4.31 Å². The van der Waals surface area contributed by atoms with Gasteiger partial charge in [0.05, 0.1) is 39.3 Å². The van der Waals surface area contributed by atoms with Crippen LogP contribution in [0.2, 0.25) is 0 Å². The number of aromatic amines is 2. The minimum absolute atomic E-state index is 0.0116. The van der Waals surface area contributed by atoms with Crippen LogP contribution in [-0.4, -0.2) is 168 Å². The maximum Gasteiger partial charge on any atom is 0.488 e. The van der Waals surface area contributed by atoms with E-state index in [-0.39, 0.29) is 47.1 Å². The number of imidazole rings is 2. The Balaban J connectivity index is 0.959. The fourth-order valence-corrected chi connectivity index (χ4v) is 14.9. The van der Waals surface area contributed by atoms with Crippen molar-refractivity contribution in [1.82, 2.24) is 43.6 Å². The third-order valence-corrected chi connectivity index (χ3v) is 19.0. The lowest BCUT2D eigenvalue weighted by molar-refractivity contribution is -0.745. The standard InChI is InChI=1S/C34H48N12O23P4S/c1-43-13-46(28-20(43)29(51)42-33(36)41-28)30-21(48)14(5-7-60-2)15(65-30)8-63-71(55,56)68-72(57,58)69-73(59,74)64-10-17-25(24(61-3)32(67-17)45-12-39-19-26(35)37-11-38-27(19)45)70(53,54)62-9-16-22(49)23(50)31(66-16)44-6-4-18(47)40-34(44)52/h4,6,11-17,21-25,30-32,48-50H,5,7-10H2,1-3H3,(H9-,35,36,37,38,40,41,42,47,51,52,53,54,55,56,57,58,59,74)/p+1/t14-,15-,16-,17-,21-,22-,23-,24-,25-,30-,31-,32-,73?/m1/s1. The third kappa shape index (κ3) is 11.6. The van der Waals surface area contributed by atoms with Gasteiger partial charge in [-0.05, 0) is 18.2 Å². The highest BCUT2D eigenvalue weighted by atomic mass is 32.5. The average molecular weight is 1150 g/mol. The lowest BCUT2D eigenvalue weighted by Crippen LogP contribution is -2.45. The van der Waals surface area contributed by atoms with Crippen LogP contribution in [0.15, 0.2) is 45.6 Å². The maximum atomic E-state index is 14.4. The number of ether oxygens (including phenoxy) is 5. The molecule has 5 aromatic heterocycles. The number of aryl methyl sites for hydroxylation is 1. The molecular formula is C34H49N12O23P4S+. The molecule has 3 saturated heterocycles. The van der Waals surface area contributed by atoms with Gasteiger partial charge in [-0.1, -0.05) is 4.98 Å². The van der Waals surface area contributed by atoms with Crippen LogP contribution in [0.25, 0.3) is 22.3 Å². The van der Waals surface area contributed by atoms with E-state index >= 15 is 0 Å². The summed E-state index contributed by atoms with van der Waals surface area (Å²) in [7, 11) is -12.9. The van der Waals surface area contributed by atoms with Gasteiger partial charge in [0.25, 0.3) is 17.1 Å². The van der Waals surface area contributed by atoms with Gasteiger partial charge >= 0.3 is 41.3 Å². The normalized spacial score (nSPS) is 30.6. The summed E-state index contributed by atoms with van der Waals surface area (Å²) in [5, 5.41) is 32.9. The van der Waals surface area contributed by atoms with Crippen molar-refractivity contribution in [2.24, 2.45) is 13.0 Å². The van der Waals surface area contributed by atoms with Crippen molar-refractivity contribution in [3.8, 4) is 0 Å². The van der Waals surface area contributed by atoms with E-state index in [9.17, 15) is 63.0 Å². The average Bonchev–Trinajstić information content (AvgIpc) is 4.12. The predicted octanol–water partition coefficient (Wildman–Crippen LogP) is -3.40. The number of anilines is 2. The molecule has 8 heterocycles. The van der Waals surface area contributed by atoms with Crippen molar-refractivity contribution >= 4 is 75.9 Å². The van der Waals surface area contributed by atoms with Crippen LogP contribution in [0.4, 0.5) is 11.8 Å². The van der Waals surface area contributed by atoms with Gasteiger partial charge in [-0.3, -0.25) is 42.3 Å². The Kier molecular flexibility index (Phi) is 16.4. The van der Waals surface area contributed by atoms with E-state index in [0.717, 1.165) is 30.3 Å². The molecule has 8 rings (SSSR count). The van der Waals surface area contributed by atoms with Gasteiger partial charge in [0.2, 0.25) is 11.7 Å². The summed E-state index contributed by atoms with van der Waals surface area (Å²) < 4.78 is 98.7. The molecule has 408 valence electrons. The molecule has 0 aromatic carbocycles. The number of nitrogens with zero attached hydrogens (tertiary/aromatic N) is 8. The summed E-state index contributed by atoms with van der Waals surface area (Å²) in [6, 6.07) is 0.943. The lowest BCUT2D eigenvalue weighted by Gasteiger charge is -2.28. The second-order valence-corrected chi connectivity index (χ2v) is 24.7. The lowest BCUT2D eigenvalue weighted by atomic mass is 9.95. The quantitative estimate of drug-likeness (QED) is 0.0252. The van der Waals surface area contributed by atoms with Gasteiger partial charge in [-0.15, -0.1) is 0 Å². The van der Waals surface area contributed by atoms with E-state index < -0.39 is 140 Å². The monoisotopic (exact) mass is 1150 g/mol. The summed E-state index contributed by atoms with van der Waals surface area (Å²) in [4.78, 5) is 101. The molecule has 0 amide bonds. The second-order valence-electron chi connectivity index (χ2n) is 16.7. The SMILES string of the molecule is COCC[C@H]1[C@@H](O)[C@H]([n+]2cn(C)c3c(=O)[nH]c(N)nc32)O[C@@H]1COP(=O)(O)OP(=O)(O)OP(O)(=S)OC[C@H]1O[C@@H](n2cnc3c(N)ncnc32)[C@H](OC)[C@@H]1P(=O)(O)OC[C@H]1O[C@@H](n2ccc(=O)[nH]c2=O)[C@H](O)[C@@H]1O. The van der Waals surface area contributed by atoms with Crippen molar-refractivity contribution in [3.05, 3.63) is 62.4 Å². The zero-order valence-electron chi connectivity index (χ0n) is 38.4. The second kappa shape index (κ2) is 21.7. The Morgan fingerprint density at radius 3 is 2.24 bits per heavy atom. The number of hydrogen-bond acceptors (Lipinski definition) is 26. The van der Waals surface area contributed by atoms with Crippen molar-refractivity contribution in [2.75, 3.05) is 52.1 Å². The van der Waals surface area contributed by atoms with Gasteiger partial charge in [0.15, 0.2) is 30.2 Å². The van der Waals surface area contributed by atoms with Crippen molar-refractivity contribution < 1.29 is 99.0 Å². The van der Waals surface area contributed by atoms with E-state index in [2.05, 4.69) is 33.5 Å². The molecule has 74 heavy (non-hydrogen) atoms. The largest absolute Gasteiger partial charge is 0.488 e. The number of nitrogens with two attached hydrogens (primary N) is 2. The van der Waals surface area contributed by atoms with Crippen LogP contribution >= 0.6 is 30.0 Å².